The van der Waals surface area contributed by atoms with Crippen molar-refractivity contribution in [1.29, 1.82) is 0 Å². The van der Waals surface area contributed by atoms with Gasteiger partial charge in [0.1, 0.15) is 5.76 Å². The molecule has 3 rings (SSSR count). The molecule has 0 aromatic heterocycles. The molecular formula is C23H28N2O. The molecule has 26 heavy (non-hydrogen) atoms. The number of aliphatic hydroxyl groups is 1. The first-order chi connectivity index (χ1) is 12.2. The number of nitrogens with one attached hydrogen (secondary N) is 1. The van der Waals surface area contributed by atoms with Crippen LogP contribution in [0.3, 0.4) is 0 Å². The van der Waals surface area contributed by atoms with Crippen LogP contribution in [0, 0.1) is 5.41 Å². The second-order valence-corrected chi connectivity index (χ2v) is 8.10. The van der Waals surface area contributed by atoms with Gasteiger partial charge in [0.25, 0.3) is 0 Å². The fourth-order valence-electron chi connectivity index (χ4n) is 3.65. The number of rotatable bonds is 2. The van der Waals surface area contributed by atoms with E-state index in [0.29, 0.717) is 5.57 Å². The Balaban J connectivity index is 2.09. The quantitative estimate of drug-likeness (QED) is 0.686. The third kappa shape index (κ3) is 3.22. The smallest absolute Gasteiger partial charge is 0.117 e. The highest BCUT2D eigenvalue weighted by molar-refractivity contribution is 5.57. The zero-order valence-electron chi connectivity index (χ0n) is 16.0. The average Bonchev–Trinajstić information content (AvgIpc) is 2.59. The van der Waals surface area contributed by atoms with E-state index < -0.39 is 0 Å². The monoisotopic (exact) mass is 348 g/mol. The summed E-state index contributed by atoms with van der Waals surface area (Å²) < 4.78 is 0. The van der Waals surface area contributed by atoms with Crippen LogP contribution in [0.15, 0.2) is 95.8 Å². The first-order valence-electron chi connectivity index (χ1n) is 8.99. The van der Waals surface area contributed by atoms with Gasteiger partial charge >= 0.3 is 0 Å². The van der Waals surface area contributed by atoms with E-state index in [1.807, 2.05) is 18.4 Å². The highest BCUT2D eigenvalue weighted by Crippen LogP contribution is 2.39. The second-order valence-electron chi connectivity index (χ2n) is 8.10. The SMILES string of the molecule is C=CC1=CC=C/C(=C2/NCC(C(C)(C)C)N3C=C(C(=C)O)C(=C)C=C23)C1. The van der Waals surface area contributed by atoms with Crippen molar-refractivity contribution in [3.63, 3.8) is 0 Å². The molecule has 0 radical (unpaired) electrons. The molecule has 0 saturated carbocycles. The van der Waals surface area contributed by atoms with Crippen LogP contribution in [0.4, 0.5) is 0 Å². The minimum absolute atomic E-state index is 0.0557. The summed E-state index contributed by atoms with van der Waals surface area (Å²) in [4.78, 5) is 2.27. The molecular weight excluding hydrogens is 320 g/mol. The lowest BCUT2D eigenvalue weighted by Gasteiger charge is -2.47. The zero-order chi connectivity index (χ0) is 19.1. The maximum atomic E-state index is 9.97. The summed E-state index contributed by atoms with van der Waals surface area (Å²) in [6, 6.07) is 0.252. The lowest BCUT2D eigenvalue weighted by molar-refractivity contribution is 0.159. The summed E-state index contributed by atoms with van der Waals surface area (Å²) in [7, 11) is 0. The van der Waals surface area contributed by atoms with Gasteiger partial charge in [-0.3, -0.25) is 0 Å². The van der Waals surface area contributed by atoms with E-state index in [-0.39, 0.29) is 17.2 Å². The topological polar surface area (TPSA) is 35.5 Å². The van der Waals surface area contributed by atoms with Crippen LogP contribution in [0.2, 0.25) is 0 Å². The zero-order valence-corrected chi connectivity index (χ0v) is 16.0. The minimum Gasteiger partial charge on any atom is -0.508 e. The minimum atomic E-state index is 0.0557. The van der Waals surface area contributed by atoms with Gasteiger partial charge in [0.2, 0.25) is 0 Å². The Kier molecular flexibility index (Phi) is 4.57. The third-order valence-electron chi connectivity index (χ3n) is 5.16. The Morgan fingerprint density at radius 2 is 2.12 bits per heavy atom. The lowest BCUT2D eigenvalue weighted by Crippen LogP contribution is -2.53. The molecule has 2 heterocycles. The van der Waals surface area contributed by atoms with E-state index >= 15 is 0 Å². The van der Waals surface area contributed by atoms with Gasteiger partial charge in [0, 0.05) is 18.3 Å². The van der Waals surface area contributed by atoms with Crippen molar-refractivity contribution in [3.05, 3.63) is 95.8 Å². The maximum absolute atomic E-state index is 9.97. The van der Waals surface area contributed by atoms with E-state index in [4.69, 9.17) is 0 Å². The van der Waals surface area contributed by atoms with Crippen LogP contribution in [0.25, 0.3) is 0 Å². The predicted octanol–water partition coefficient (Wildman–Crippen LogP) is 5.04. The van der Waals surface area contributed by atoms with Gasteiger partial charge in [-0.15, -0.1) is 0 Å². The Hall–Kier alpha value is -2.68. The number of piperazine rings is 1. The molecule has 1 unspecified atom stereocenters. The van der Waals surface area contributed by atoms with E-state index in [0.717, 1.165) is 29.9 Å². The van der Waals surface area contributed by atoms with E-state index in [1.165, 1.54) is 11.1 Å². The average molecular weight is 348 g/mol. The normalized spacial score (nSPS) is 25.7. The number of hydrogen-bond donors (Lipinski definition) is 2. The molecule has 1 atom stereocenters. The summed E-state index contributed by atoms with van der Waals surface area (Å²) in [5, 5.41) is 13.6. The summed E-state index contributed by atoms with van der Waals surface area (Å²) in [6.07, 6.45) is 13.1. The fourth-order valence-corrected chi connectivity index (χ4v) is 3.65. The van der Waals surface area contributed by atoms with Crippen LogP contribution < -0.4 is 5.32 Å². The molecule has 1 aliphatic carbocycles. The third-order valence-corrected chi connectivity index (χ3v) is 5.16. The van der Waals surface area contributed by atoms with Crippen molar-refractivity contribution in [3.8, 4) is 0 Å². The Morgan fingerprint density at radius 3 is 2.73 bits per heavy atom. The number of aliphatic hydroxyl groups excluding tert-OH is 1. The van der Waals surface area contributed by atoms with Gasteiger partial charge in [-0.1, -0.05) is 64.8 Å². The van der Waals surface area contributed by atoms with E-state index in [2.05, 4.69) is 69.0 Å². The first kappa shape index (κ1) is 18.1. The van der Waals surface area contributed by atoms with Crippen molar-refractivity contribution >= 4 is 0 Å². The number of allylic oxidation sites excluding steroid dienone is 8. The molecule has 3 nitrogen and oxygen atoms in total. The van der Waals surface area contributed by atoms with Crippen molar-refractivity contribution < 1.29 is 5.11 Å². The predicted molar refractivity (Wildman–Crippen MR) is 109 cm³/mol. The summed E-state index contributed by atoms with van der Waals surface area (Å²) >= 11 is 0. The summed E-state index contributed by atoms with van der Waals surface area (Å²) in [5.74, 6) is 0.0557. The Labute approximate surface area is 156 Å². The molecule has 136 valence electrons. The molecule has 0 bridgehead atoms. The van der Waals surface area contributed by atoms with Crippen molar-refractivity contribution in [2.45, 2.75) is 33.2 Å². The lowest BCUT2D eigenvalue weighted by atomic mass is 9.82. The molecule has 3 aliphatic rings. The number of nitrogens with zero attached hydrogens (tertiary/aromatic N) is 1. The Bertz CT molecular complexity index is 825. The van der Waals surface area contributed by atoms with Crippen LogP contribution >= 0.6 is 0 Å². The van der Waals surface area contributed by atoms with Gasteiger partial charge in [0.15, 0.2) is 0 Å². The van der Waals surface area contributed by atoms with Gasteiger partial charge < -0.3 is 15.3 Å². The van der Waals surface area contributed by atoms with Crippen LogP contribution in [-0.2, 0) is 0 Å². The standard InChI is InChI=1S/C23H28N2O/c1-7-17-9-8-10-18(12-17)22-20-11-15(2)19(16(3)26)14-25(20)21(13-24-22)23(4,5)6/h7-11,14,21,24,26H,1-3,12-13H2,4-6H3/b22-18-. The molecule has 1 fully saturated rings. The molecule has 2 N–H and O–H groups in total. The first-order valence-corrected chi connectivity index (χ1v) is 8.99. The van der Waals surface area contributed by atoms with Crippen molar-refractivity contribution in [2.24, 2.45) is 5.41 Å². The molecule has 3 heteroatoms. The highest BCUT2D eigenvalue weighted by Gasteiger charge is 2.38. The van der Waals surface area contributed by atoms with Crippen molar-refractivity contribution in [2.75, 3.05) is 6.54 Å². The maximum Gasteiger partial charge on any atom is 0.117 e. The highest BCUT2D eigenvalue weighted by atomic mass is 16.3. The number of fused-ring (bicyclic) bond motifs is 1. The van der Waals surface area contributed by atoms with Crippen LogP contribution in [0.1, 0.15) is 27.2 Å². The van der Waals surface area contributed by atoms with Crippen LogP contribution in [0.5, 0.6) is 0 Å². The molecule has 0 amide bonds. The largest absolute Gasteiger partial charge is 0.508 e. The number of hydrogen-bond acceptors (Lipinski definition) is 3. The van der Waals surface area contributed by atoms with E-state index in [1.54, 1.807) is 0 Å². The van der Waals surface area contributed by atoms with Gasteiger partial charge in [-0.25, -0.2) is 0 Å². The van der Waals surface area contributed by atoms with Gasteiger partial charge in [-0.05, 0) is 34.6 Å². The summed E-state index contributed by atoms with van der Waals surface area (Å²) in [5.41, 5.74) is 6.19. The fraction of sp³-hybridized carbons (Fsp3) is 0.304. The summed E-state index contributed by atoms with van der Waals surface area (Å²) in [6.45, 7) is 19.2. The van der Waals surface area contributed by atoms with Crippen molar-refractivity contribution in [1.82, 2.24) is 10.2 Å². The van der Waals surface area contributed by atoms with E-state index in [9.17, 15) is 5.11 Å². The molecule has 0 aromatic carbocycles. The Morgan fingerprint density at radius 1 is 1.38 bits per heavy atom. The van der Waals surface area contributed by atoms with Crippen LogP contribution in [-0.4, -0.2) is 22.6 Å². The molecule has 0 spiro atoms. The second kappa shape index (κ2) is 6.56. The van der Waals surface area contributed by atoms with Gasteiger partial charge in [-0.2, -0.15) is 0 Å². The molecule has 2 aliphatic heterocycles. The molecule has 0 aromatic rings. The van der Waals surface area contributed by atoms with Gasteiger partial charge in [0.05, 0.1) is 17.4 Å². The molecule has 1 saturated heterocycles.